The minimum absolute atomic E-state index is 0. The fourth-order valence-corrected chi connectivity index (χ4v) is 2.48. The molecule has 0 amide bonds. The minimum Gasteiger partial charge on any atom is -0.490 e. The molecule has 22 heavy (non-hydrogen) atoms. The lowest BCUT2D eigenvalue weighted by atomic mass is 10.1. The van der Waals surface area contributed by atoms with Crippen LogP contribution < -0.4 is 14.8 Å². The molecule has 0 aromatic heterocycles. The van der Waals surface area contributed by atoms with E-state index in [4.69, 9.17) is 9.47 Å². The molecule has 118 valence electrons. The van der Waals surface area contributed by atoms with E-state index in [0.717, 1.165) is 37.4 Å². The predicted molar refractivity (Wildman–Crippen MR) is 91.0 cm³/mol. The number of rotatable bonds is 5. The zero-order valence-electron chi connectivity index (χ0n) is 12.5. The first kappa shape index (κ1) is 16.7. The quantitative estimate of drug-likeness (QED) is 0.909. The second-order valence-electron chi connectivity index (χ2n) is 5.32. The maximum atomic E-state index is 6.03. The Hall–Kier alpha value is -1.71. The number of hydrogen-bond donors (Lipinski definition) is 1. The summed E-state index contributed by atoms with van der Waals surface area (Å²) >= 11 is 0. The number of piperidine rings is 1. The molecule has 0 atom stereocenters. The van der Waals surface area contributed by atoms with Gasteiger partial charge in [0.2, 0.25) is 0 Å². The molecule has 0 bridgehead atoms. The van der Waals surface area contributed by atoms with E-state index in [-0.39, 0.29) is 12.4 Å². The topological polar surface area (TPSA) is 30.5 Å². The van der Waals surface area contributed by atoms with Gasteiger partial charge in [-0.2, -0.15) is 0 Å². The van der Waals surface area contributed by atoms with Gasteiger partial charge >= 0.3 is 0 Å². The molecule has 1 aliphatic rings. The van der Waals surface area contributed by atoms with Gasteiger partial charge in [-0.1, -0.05) is 36.4 Å². The van der Waals surface area contributed by atoms with E-state index in [0.29, 0.717) is 12.7 Å². The normalized spacial score (nSPS) is 14.9. The Kier molecular flexibility index (Phi) is 6.56. The number of nitrogens with one attached hydrogen (secondary N) is 1. The summed E-state index contributed by atoms with van der Waals surface area (Å²) in [4.78, 5) is 0. The average Bonchev–Trinajstić information content (AvgIpc) is 2.55. The lowest BCUT2D eigenvalue weighted by molar-refractivity contribution is 0.161. The highest BCUT2D eigenvalue weighted by Gasteiger charge is 2.14. The first-order valence-electron chi connectivity index (χ1n) is 7.54. The number of hydrogen-bond acceptors (Lipinski definition) is 3. The maximum Gasteiger partial charge on any atom is 0.123 e. The van der Waals surface area contributed by atoms with Gasteiger partial charge in [0.15, 0.2) is 0 Å². The lowest BCUT2D eigenvalue weighted by Gasteiger charge is -2.24. The van der Waals surface area contributed by atoms with Crippen LogP contribution in [0.15, 0.2) is 54.6 Å². The van der Waals surface area contributed by atoms with Crippen molar-refractivity contribution in [3.8, 4) is 11.5 Å². The smallest absolute Gasteiger partial charge is 0.123 e. The van der Waals surface area contributed by atoms with Crippen LogP contribution in [0.2, 0.25) is 0 Å². The molecule has 3 rings (SSSR count). The third-order valence-electron chi connectivity index (χ3n) is 3.64. The summed E-state index contributed by atoms with van der Waals surface area (Å²) in [6.45, 7) is 2.65. The highest BCUT2D eigenvalue weighted by atomic mass is 35.5. The van der Waals surface area contributed by atoms with Crippen molar-refractivity contribution in [1.29, 1.82) is 0 Å². The number of halogens is 1. The van der Waals surface area contributed by atoms with E-state index in [2.05, 4.69) is 17.4 Å². The van der Waals surface area contributed by atoms with Crippen molar-refractivity contribution >= 4 is 12.4 Å². The van der Waals surface area contributed by atoms with Crippen LogP contribution in [0.25, 0.3) is 0 Å². The molecule has 0 unspecified atom stereocenters. The van der Waals surface area contributed by atoms with Gasteiger partial charge in [0.25, 0.3) is 0 Å². The summed E-state index contributed by atoms with van der Waals surface area (Å²) < 4.78 is 11.9. The predicted octanol–water partition coefficient (Wildman–Crippen LogP) is 3.82. The molecule has 4 heteroatoms. The largest absolute Gasteiger partial charge is 0.490 e. The van der Waals surface area contributed by atoms with Crippen LogP contribution in [-0.2, 0) is 6.61 Å². The molecular weight excluding hydrogens is 298 g/mol. The van der Waals surface area contributed by atoms with Crippen LogP contribution in [0.1, 0.15) is 18.4 Å². The van der Waals surface area contributed by atoms with Gasteiger partial charge in [-0.25, -0.2) is 0 Å². The minimum atomic E-state index is 0. The van der Waals surface area contributed by atoms with Crippen LogP contribution in [0.3, 0.4) is 0 Å². The second kappa shape index (κ2) is 8.66. The highest BCUT2D eigenvalue weighted by molar-refractivity contribution is 5.85. The molecule has 0 aliphatic carbocycles. The van der Waals surface area contributed by atoms with Crippen LogP contribution in [0.4, 0.5) is 0 Å². The van der Waals surface area contributed by atoms with Crippen molar-refractivity contribution in [1.82, 2.24) is 5.32 Å². The van der Waals surface area contributed by atoms with Gasteiger partial charge in [-0.05, 0) is 43.6 Å². The molecule has 2 aromatic carbocycles. The molecule has 2 aromatic rings. The van der Waals surface area contributed by atoms with Crippen molar-refractivity contribution < 1.29 is 9.47 Å². The summed E-state index contributed by atoms with van der Waals surface area (Å²) in [5.41, 5.74) is 1.17. The van der Waals surface area contributed by atoms with Crippen LogP contribution in [-0.4, -0.2) is 19.2 Å². The van der Waals surface area contributed by atoms with Crippen LogP contribution >= 0.6 is 12.4 Å². The van der Waals surface area contributed by atoms with E-state index >= 15 is 0 Å². The van der Waals surface area contributed by atoms with E-state index in [1.807, 2.05) is 42.5 Å². The van der Waals surface area contributed by atoms with Gasteiger partial charge in [0.1, 0.15) is 24.2 Å². The first-order valence-corrected chi connectivity index (χ1v) is 7.54. The van der Waals surface area contributed by atoms with Crippen molar-refractivity contribution in [2.24, 2.45) is 0 Å². The molecular formula is C18H22ClNO2. The Morgan fingerprint density at radius 1 is 0.909 bits per heavy atom. The summed E-state index contributed by atoms with van der Waals surface area (Å²) in [5, 5.41) is 3.35. The Labute approximate surface area is 138 Å². The monoisotopic (exact) mass is 319 g/mol. The van der Waals surface area contributed by atoms with Crippen molar-refractivity contribution in [3.63, 3.8) is 0 Å². The average molecular weight is 320 g/mol. The van der Waals surface area contributed by atoms with Gasteiger partial charge in [-0.15, -0.1) is 12.4 Å². The van der Waals surface area contributed by atoms with Gasteiger partial charge in [0.05, 0.1) is 0 Å². The molecule has 1 saturated heterocycles. The molecule has 0 radical (unpaired) electrons. The van der Waals surface area contributed by atoms with E-state index in [9.17, 15) is 0 Å². The van der Waals surface area contributed by atoms with Crippen molar-refractivity contribution in [2.45, 2.75) is 25.6 Å². The van der Waals surface area contributed by atoms with Gasteiger partial charge in [0, 0.05) is 6.07 Å². The summed E-state index contributed by atoms with van der Waals surface area (Å²) in [6, 6.07) is 18.1. The first-order chi connectivity index (χ1) is 10.4. The third kappa shape index (κ3) is 4.93. The Morgan fingerprint density at radius 3 is 2.41 bits per heavy atom. The third-order valence-corrected chi connectivity index (χ3v) is 3.64. The van der Waals surface area contributed by atoms with Crippen molar-refractivity contribution in [3.05, 3.63) is 60.2 Å². The summed E-state index contributed by atoms with van der Waals surface area (Å²) in [5.74, 6) is 1.75. The lowest BCUT2D eigenvalue weighted by Crippen LogP contribution is -2.34. The molecule has 1 heterocycles. The molecule has 1 aliphatic heterocycles. The highest BCUT2D eigenvalue weighted by Crippen LogP contribution is 2.23. The fourth-order valence-electron chi connectivity index (χ4n) is 2.48. The Morgan fingerprint density at radius 2 is 1.64 bits per heavy atom. The number of benzene rings is 2. The zero-order valence-corrected chi connectivity index (χ0v) is 13.4. The van der Waals surface area contributed by atoms with Crippen molar-refractivity contribution in [2.75, 3.05) is 13.1 Å². The van der Waals surface area contributed by atoms with Gasteiger partial charge < -0.3 is 14.8 Å². The van der Waals surface area contributed by atoms with Crippen LogP contribution in [0, 0.1) is 0 Å². The SMILES string of the molecule is Cl.c1ccc(COc2cccc(OC3CCNCC3)c2)cc1. The standard InChI is InChI=1S/C18H21NO2.ClH/c1-2-5-15(6-3-1)14-20-17-7-4-8-18(13-17)21-16-9-11-19-12-10-16;/h1-8,13,16,19H,9-12,14H2;1H. The molecule has 1 fully saturated rings. The zero-order chi connectivity index (χ0) is 14.3. The second-order valence-corrected chi connectivity index (χ2v) is 5.32. The number of ether oxygens (including phenoxy) is 2. The Bertz CT molecular complexity index is 556. The fraction of sp³-hybridized carbons (Fsp3) is 0.333. The molecule has 0 spiro atoms. The molecule has 0 saturated carbocycles. The summed E-state index contributed by atoms with van der Waals surface area (Å²) in [7, 11) is 0. The van der Waals surface area contributed by atoms with Gasteiger partial charge in [-0.3, -0.25) is 0 Å². The Balaban J connectivity index is 0.00000176. The van der Waals surface area contributed by atoms with Crippen LogP contribution in [0.5, 0.6) is 11.5 Å². The van der Waals surface area contributed by atoms with E-state index < -0.39 is 0 Å². The molecule has 3 nitrogen and oxygen atoms in total. The van der Waals surface area contributed by atoms with E-state index in [1.54, 1.807) is 0 Å². The summed E-state index contributed by atoms with van der Waals surface area (Å²) in [6.07, 6.45) is 2.44. The van der Waals surface area contributed by atoms with E-state index in [1.165, 1.54) is 5.56 Å². The molecule has 1 N–H and O–H groups in total. The maximum absolute atomic E-state index is 6.03.